The minimum Gasteiger partial charge on any atom is -0.281 e. The minimum atomic E-state index is -0.346. The summed E-state index contributed by atoms with van der Waals surface area (Å²) in [5, 5.41) is 0.395. The first-order chi connectivity index (χ1) is 8.66. The van der Waals surface area contributed by atoms with Crippen molar-refractivity contribution < 1.29 is 4.79 Å². The summed E-state index contributed by atoms with van der Waals surface area (Å²) in [6.07, 6.45) is 0.961. The Morgan fingerprint density at radius 2 is 1.44 bits per heavy atom. The van der Waals surface area contributed by atoms with Crippen molar-refractivity contribution in [3.63, 3.8) is 0 Å². The monoisotopic (exact) mass is 278 g/mol. The fourth-order valence-corrected chi connectivity index (χ4v) is 2.25. The smallest absolute Gasteiger partial charge is 0.226 e. The molecule has 2 aromatic carbocycles. The molecule has 18 heavy (non-hydrogen) atoms. The molecule has 2 aromatic rings. The Balaban J connectivity index is 2.29. The van der Waals surface area contributed by atoms with Gasteiger partial charge in [-0.2, -0.15) is 0 Å². The fourth-order valence-electron chi connectivity index (χ4n) is 1.90. The van der Waals surface area contributed by atoms with Crippen molar-refractivity contribution in [2.24, 2.45) is 0 Å². The van der Waals surface area contributed by atoms with E-state index in [1.54, 1.807) is 0 Å². The molecule has 0 aromatic heterocycles. The summed E-state index contributed by atoms with van der Waals surface area (Å²) in [5.74, 6) is 0. The molecule has 0 atom stereocenters. The van der Waals surface area contributed by atoms with Crippen molar-refractivity contribution in [1.82, 2.24) is 0 Å². The summed E-state index contributed by atoms with van der Waals surface area (Å²) in [7, 11) is 0. The molecule has 0 fully saturated rings. The van der Waals surface area contributed by atoms with Crippen molar-refractivity contribution >= 4 is 28.4 Å². The van der Waals surface area contributed by atoms with E-state index in [2.05, 4.69) is 0 Å². The SMILES string of the molecule is O=C(Cl)Cc1ccccc1Cc1ccccc1Cl. The predicted octanol–water partition coefficient (Wildman–Crippen LogP) is 4.24. The van der Waals surface area contributed by atoms with Crippen LogP contribution in [0.3, 0.4) is 0 Å². The zero-order chi connectivity index (χ0) is 13.0. The first kappa shape index (κ1) is 13.1. The molecular weight excluding hydrogens is 267 g/mol. The largest absolute Gasteiger partial charge is 0.281 e. The van der Waals surface area contributed by atoms with E-state index in [0.717, 1.165) is 21.7 Å². The number of benzene rings is 2. The highest BCUT2D eigenvalue weighted by Crippen LogP contribution is 2.21. The molecule has 92 valence electrons. The standard InChI is InChI=1S/C15H12Cl2O/c16-14-8-4-3-7-13(14)9-11-5-1-2-6-12(11)10-15(17)18/h1-8H,9-10H2. The van der Waals surface area contributed by atoms with E-state index in [0.29, 0.717) is 6.42 Å². The summed E-state index contributed by atoms with van der Waals surface area (Å²) in [6, 6.07) is 15.5. The van der Waals surface area contributed by atoms with Crippen LogP contribution in [0.5, 0.6) is 0 Å². The number of hydrogen-bond donors (Lipinski definition) is 0. The van der Waals surface area contributed by atoms with Gasteiger partial charge in [-0.3, -0.25) is 4.79 Å². The van der Waals surface area contributed by atoms with Crippen LogP contribution in [0.25, 0.3) is 0 Å². The minimum absolute atomic E-state index is 0.252. The Morgan fingerprint density at radius 3 is 2.06 bits per heavy atom. The number of carbonyl (C=O) groups excluding carboxylic acids is 1. The first-order valence-corrected chi connectivity index (χ1v) is 6.41. The van der Waals surface area contributed by atoms with E-state index in [1.165, 1.54) is 0 Å². The highest BCUT2D eigenvalue weighted by molar-refractivity contribution is 6.63. The van der Waals surface area contributed by atoms with Crippen molar-refractivity contribution in [3.8, 4) is 0 Å². The topological polar surface area (TPSA) is 17.1 Å². The van der Waals surface area contributed by atoms with Crippen LogP contribution in [0, 0.1) is 0 Å². The maximum atomic E-state index is 11.0. The van der Waals surface area contributed by atoms with E-state index >= 15 is 0 Å². The first-order valence-electron chi connectivity index (χ1n) is 5.65. The Bertz CT molecular complexity index is 564. The summed E-state index contributed by atoms with van der Waals surface area (Å²) in [5.41, 5.74) is 3.09. The Morgan fingerprint density at radius 1 is 0.889 bits per heavy atom. The van der Waals surface area contributed by atoms with Crippen LogP contribution in [0.1, 0.15) is 16.7 Å². The molecule has 0 heterocycles. The summed E-state index contributed by atoms with van der Waals surface area (Å²) in [4.78, 5) is 11.0. The van der Waals surface area contributed by atoms with Gasteiger partial charge in [0.1, 0.15) is 0 Å². The van der Waals surface area contributed by atoms with Gasteiger partial charge >= 0.3 is 0 Å². The highest BCUT2D eigenvalue weighted by atomic mass is 35.5. The number of carbonyl (C=O) groups is 1. The molecule has 2 rings (SSSR count). The van der Waals surface area contributed by atoms with Gasteiger partial charge in [-0.25, -0.2) is 0 Å². The van der Waals surface area contributed by atoms with Gasteiger partial charge in [0.2, 0.25) is 5.24 Å². The number of rotatable bonds is 4. The second-order valence-corrected chi connectivity index (χ2v) is 4.90. The van der Waals surface area contributed by atoms with E-state index in [9.17, 15) is 4.79 Å². The van der Waals surface area contributed by atoms with E-state index in [-0.39, 0.29) is 11.7 Å². The predicted molar refractivity (Wildman–Crippen MR) is 75.3 cm³/mol. The van der Waals surface area contributed by atoms with Crippen LogP contribution < -0.4 is 0 Å². The van der Waals surface area contributed by atoms with Crippen LogP contribution in [0.15, 0.2) is 48.5 Å². The van der Waals surface area contributed by atoms with Crippen molar-refractivity contribution in [3.05, 3.63) is 70.2 Å². The molecule has 0 unspecified atom stereocenters. The summed E-state index contributed by atoms with van der Waals surface area (Å²) < 4.78 is 0. The van der Waals surface area contributed by atoms with Gasteiger partial charge in [0.25, 0.3) is 0 Å². The lowest BCUT2D eigenvalue weighted by Crippen LogP contribution is -2.00. The zero-order valence-electron chi connectivity index (χ0n) is 9.70. The maximum Gasteiger partial charge on any atom is 0.226 e. The Labute approximate surface area is 116 Å². The fraction of sp³-hybridized carbons (Fsp3) is 0.133. The third-order valence-electron chi connectivity index (χ3n) is 2.79. The molecule has 0 spiro atoms. The van der Waals surface area contributed by atoms with E-state index < -0.39 is 0 Å². The third kappa shape index (κ3) is 3.34. The van der Waals surface area contributed by atoms with Gasteiger partial charge in [0.15, 0.2) is 0 Å². The second kappa shape index (κ2) is 6.03. The molecule has 3 heteroatoms. The van der Waals surface area contributed by atoms with Crippen LogP contribution >= 0.6 is 23.2 Å². The van der Waals surface area contributed by atoms with Gasteiger partial charge in [-0.15, -0.1) is 0 Å². The Kier molecular flexibility index (Phi) is 4.40. The van der Waals surface area contributed by atoms with Gasteiger partial charge in [0.05, 0.1) is 0 Å². The highest BCUT2D eigenvalue weighted by Gasteiger charge is 2.07. The second-order valence-electron chi connectivity index (χ2n) is 4.07. The normalized spacial score (nSPS) is 10.3. The lowest BCUT2D eigenvalue weighted by Gasteiger charge is -2.09. The molecule has 1 nitrogen and oxygen atoms in total. The molecule has 0 aliphatic rings. The Hall–Kier alpha value is -1.31. The van der Waals surface area contributed by atoms with Gasteiger partial charge < -0.3 is 0 Å². The van der Waals surface area contributed by atoms with Crippen molar-refractivity contribution in [2.45, 2.75) is 12.8 Å². The van der Waals surface area contributed by atoms with Crippen LogP contribution in [0.4, 0.5) is 0 Å². The van der Waals surface area contributed by atoms with Crippen LogP contribution in [0.2, 0.25) is 5.02 Å². The van der Waals surface area contributed by atoms with Gasteiger partial charge in [-0.1, -0.05) is 54.1 Å². The van der Waals surface area contributed by atoms with Crippen LogP contribution in [-0.2, 0) is 17.6 Å². The van der Waals surface area contributed by atoms with Gasteiger partial charge in [-0.05, 0) is 40.8 Å². The van der Waals surface area contributed by atoms with Gasteiger partial charge in [0, 0.05) is 11.4 Å². The molecule has 0 aliphatic carbocycles. The zero-order valence-corrected chi connectivity index (χ0v) is 11.2. The number of halogens is 2. The third-order valence-corrected chi connectivity index (χ3v) is 3.29. The molecule has 0 aliphatic heterocycles. The van der Waals surface area contributed by atoms with Crippen LogP contribution in [-0.4, -0.2) is 5.24 Å². The van der Waals surface area contributed by atoms with Crippen molar-refractivity contribution in [1.29, 1.82) is 0 Å². The maximum absolute atomic E-state index is 11.0. The summed E-state index contributed by atoms with van der Waals surface area (Å²) >= 11 is 11.6. The quantitative estimate of drug-likeness (QED) is 0.765. The molecule has 0 radical (unpaired) electrons. The van der Waals surface area contributed by atoms with Crippen molar-refractivity contribution in [2.75, 3.05) is 0 Å². The molecule has 0 amide bonds. The average molecular weight is 279 g/mol. The number of hydrogen-bond acceptors (Lipinski definition) is 1. The molecular formula is C15H12Cl2O. The summed E-state index contributed by atoms with van der Waals surface area (Å²) in [6.45, 7) is 0. The molecule has 0 saturated heterocycles. The molecule has 0 N–H and O–H groups in total. The molecule has 0 bridgehead atoms. The lowest BCUT2D eigenvalue weighted by molar-refractivity contribution is -0.111. The van der Waals surface area contributed by atoms with E-state index in [1.807, 2.05) is 48.5 Å². The lowest BCUT2D eigenvalue weighted by atomic mass is 9.98. The van der Waals surface area contributed by atoms with E-state index in [4.69, 9.17) is 23.2 Å². The molecule has 0 saturated carbocycles. The average Bonchev–Trinajstić information content (AvgIpc) is 2.34.